The van der Waals surface area contributed by atoms with Crippen LogP contribution in [0.4, 0.5) is 10.1 Å². The van der Waals surface area contributed by atoms with E-state index in [1.165, 1.54) is 6.07 Å². The lowest BCUT2D eigenvalue weighted by atomic mass is 9.83. The smallest absolute Gasteiger partial charge is 0.211 e. The largest absolute Gasteiger partial charge is 0.347 e. The van der Waals surface area contributed by atoms with Gasteiger partial charge in [0.05, 0.1) is 0 Å². The first-order valence-corrected chi connectivity index (χ1v) is 8.95. The predicted molar refractivity (Wildman–Crippen MR) is 106 cm³/mol. The molecule has 1 aliphatic heterocycles. The van der Waals surface area contributed by atoms with Crippen LogP contribution in [0.2, 0.25) is 0 Å². The number of ketones is 1. The van der Waals surface area contributed by atoms with Crippen LogP contribution < -0.4 is 4.90 Å². The topological polar surface area (TPSA) is 33.2 Å². The number of hydrogen-bond acceptors (Lipinski definition) is 3. The van der Waals surface area contributed by atoms with Crippen LogP contribution in [0.15, 0.2) is 66.0 Å². The summed E-state index contributed by atoms with van der Waals surface area (Å²) in [6.45, 7) is 6.12. The van der Waals surface area contributed by atoms with Gasteiger partial charge in [-0.3, -0.25) is 9.78 Å². The summed E-state index contributed by atoms with van der Waals surface area (Å²) in [5, 5.41) is 0. The lowest BCUT2D eigenvalue weighted by Gasteiger charge is -2.24. The molecular formula is C23H21FN2O. The molecule has 136 valence electrons. The molecule has 4 rings (SSSR count). The Morgan fingerprint density at radius 2 is 1.96 bits per heavy atom. The van der Waals surface area contributed by atoms with E-state index in [4.69, 9.17) is 0 Å². The van der Waals surface area contributed by atoms with Crippen molar-refractivity contribution < 1.29 is 9.18 Å². The predicted octanol–water partition coefficient (Wildman–Crippen LogP) is 5.06. The van der Waals surface area contributed by atoms with E-state index in [0.717, 1.165) is 28.1 Å². The fraction of sp³-hybridized carbons (Fsp3) is 0.217. The van der Waals surface area contributed by atoms with Gasteiger partial charge >= 0.3 is 0 Å². The van der Waals surface area contributed by atoms with Crippen LogP contribution in [0.5, 0.6) is 0 Å². The maximum absolute atomic E-state index is 13.8. The Balaban J connectivity index is 1.77. The monoisotopic (exact) mass is 360 g/mol. The molecular weight excluding hydrogens is 339 g/mol. The van der Waals surface area contributed by atoms with Crippen LogP contribution >= 0.6 is 0 Å². The van der Waals surface area contributed by atoms with E-state index in [1.807, 2.05) is 44.3 Å². The van der Waals surface area contributed by atoms with Crippen LogP contribution in [0.1, 0.15) is 42.4 Å². The zero-order valence-corrected chi connectivity index (χ0v) is 15.9. The highest BCUT2D eigenvalue weighted by Gasteiger charge is 2.38. The number of carbonyl (C=O) groups excluding carboxylic acids is 1. The molecule has 0 unspecified atom stereocenters. The number of nitrogens with zero attached hydrogens (tertiary/aromatic N) is 2. The molecule has 0 bridgehead atoms. The number of allylic oxidation sites excluding steroid dienone is 6. The van der Waals surface area contributed by atoms with Crippen molar-refractivity contribution in [2.75, 3.05) is 11.9 Å². The molecule has 0 saturated carbocycles. The van der Waals surface area contributed by atoms with Crippen LogP contribution in [0, 0.1) is 5.82 Å². The Labute approximate surface area is 158 Å². The van der Waals surface area contributed by atoms with Crippen molar-refractivity contribution in [3.63, 3.8) is 0 Å². The number of aromatic nitrogens is 1. The Hall–Kier alpha value is -3.01. The third kappa shape index (κ3) is 2.64. The molecule has 3 nitrogen and oxygen atoms in total. The third-order valence-corrected chi connectivity index (χ3v) is 5.50. The maximum Gasteiger partial charge on any atom is 0.211 e. The number of hydrogen-bond donors (Lipinski definition) is 0. The van der Waals surface area contributed by atoms with Crippen LogP contribution in [-0.2, 0) is 5.41 Å². The molecule has 0 amide bonds. The zero-order chi connectivity index (χ0) is 19.3. The van der Waals surface area contributed by atoms with E-state index in [1.54, 1.807) is 18.3 Å². The van der Waals surface area contributed by atoms with Crippen LogP contribution in [0.3, 0.4) is 0 Å². The SMILES string of the molecule is CC1=C/C(=C\C=C2/N(C)c3ccc(F)cc3C2(C)C)C(=O)c2ncccc21. The molecule has 2 heterocycles. The average molecular weight is 360 g/mol. The molecule has 0 N–H and O–H groups in total. The van der Waals surface area contributed by atoms with Gasteiger partial charge < -0.3 is 4.90 Å². The fourth-order valence-electron chi connectivity index (χ4n) is 4.02. The Kier molecular flexibility index (Phi) is 3.88. The van der Waals surface area contributed by atoms with E-state index >= 15 is 0 Å². The Bertz CT molecular complexity index is 1060. The molecule has 0 saturated heterocycles. The number of halogens is 1. The number of anilines is 1. The second kappa shape index (κ2) is 6.02. The van der Waals surface area contributed by atoms with Gasteiger partial charge in [0.2, 0.25) is 5.78 Å². The van der Waals surface area contributed by atoms with E-state index in [-0.39, 0.29) is 17.0 Å². The van der Waals surface area contributed by atoms with Crippen molar-refractivity contribution in [1.29, 1.82) is 0 Å². The average Bonchev–Trinajstić information content (AvgIpc) is 2.83. The molecule has 1 aromatic carbocycles. The first-order chi connectivity index (χ1) is 12.8. The highest BCUT2D eigenvalue weighted by atomic mass is 19.1. The molecule has 2 aromatic rings. The van der Waals surface area contributed by atoms with Gasteiger partial charge in [0.1, 0.15) is 11.5 Å². The van der Waals surface area contributed by atoms with Gasteiger partial charge in [-0.25, -0.2) is 4.39 Å². The van der Waals surface area contributed by atoms with Crippen LogP contribution in [0.25, 0.3) is 5.57 Å². The summed E-state index contributed by atoms with van der Waals surface area (Å²) in [5.74, 6) is -0.311. The molecule has 1 aromatic heterocycles. The van der Waals surface area contributed by atoms with Gasteiger partial charge in [-0.1, -0.05) is 19.9 Å². The van der Waals surface area contributed by atoms with Gasteiger partial charge in [-0.15, -0.1) is 0 Å². The van der Waals surface area contributed by atoms with Crippen molar-refractivity contribution in [3.8, 4) is 0 Å². The lowest BCUT2D eigenvalue weighted by Crippen LogP contribution is -2.22. The Morgan fingerprint density at radius 3 is 2.74 bits per heavy atom. The Morgan fingerprint density at radius 1 is 1.19 bits per heavy atom. The highest BCUT2D eigenvalue weighted by Crippen LogP contribution is 2.47. The quantitative estimate of drug-likeness (QED) is 0.667. The lowest BCUT2D eigenvalue weighted by molar-refractivity contribution is 0.103. The van der Waals surface area contributed by atoms with Gasteiger partial charge in [0.25, 0.3) is 0 Å². The molecule has 0 spiro atoms. The van der Waals surface area contributed by atoms with Crippen LogP contribution in [-0.4, -0.2) is 17.8 Å². The summed E-state index contributed by atoms with van der Waals surface area (Å²) in [7, 11) is 1.97. The fourth-order valence-corrected chi connectivity index (χ4v) is 4.02. The van der Waals surface area contributed by atoms with Gasteiger partial charge in [0.15, 0.2) is 0 Å². The van der Waals surface area contributed by atoms with E-state index in [0.29, 0.717) is 11.3 Å². The summed E-state index contributed by atoms with van der Waals surface area (Å²) in [4.78, 5) is 19.1. The second-order valence-electron chi connectivity index (χ2n) is 7.58. The molecule has 0 radical (unpaired) electrons. The maximum atomic E-state index is 13.8. The van der Waals surface area contributed by atoms with Crippen molar-refractivity contribution in [2.45, 2.75) is 26.2 Å². The minimum Gasteiger partial charge on any atom is -0.347 e. The van der Waals surface area contributed by atoms with Gasteiger partial charge in [0, 0.05) is 41.2 Å². The van der Waals surface area contributed by atoms with Gasteiger partial charge in [-0.05, 0) is 60.6 Å². The summed E-state index contributed by atoms with van der Waals surface area (Å²) >= 11 is 0. The molecule has 1 aliphatic carbocycles. The van der Waals surface area contributed by atoms with Gasteiger partial charge in [-0.2, -0.15) is 0 Å². The number of Topliss-reactive ketones (excluding diaryl/α,β-unsaturated/α-hetero) is 1. The first-order valence-electron chi connectivity index (χ1n) is 8.95. The summed E-state index contributed by atoms with van der Waals surface area (Å²) in [5.41, 5.74) is 5.60. The number of rotatable bonds is 1. The highest BCUT2D eigenvalue weighted by molar-refractivity contribution is 6.15. The summed E-state index contributed by atoms with van der Waals surface area (Å²) < 4.78 is 13.8. The molecule has 27 heavy (non-hydrogen) atoms. The third-order valence-electron chi connectivity index (χ3n) is 5.50. The van der Waals surface area contributed by atoms with E-state index in [2.05, 4.69) is 23.7 Å². The first kappa shape index (κ1) is 17.4. The van der Waals surface area contributed by atoms with Crippen molar-refractivity contribution in [2.24, 2.45) is 0 Å². The molecule has 0 atom stereocenters. The minimum atomic E-state index is -0.351. The molecule has 4 heteroatoms. The summed E-state index contributed by atoms with van der Waals surface area (Å²) in [6.07, 6.45) is 7.35. The molecule has 0 fully saturated rings. The number of pyridine rings is 1. The minimum absolute atomic E-state index is 0.0740. The normalized spacial score (nSPS) is 20.7. The molecule has 2 aliphatic rings. The number of benzene rings is 1. The number of carbonyl (C=O) groups is 1. The van der Waals surface area contributed by atoms with Crippen molar-refractivity contribution in [1.82, 2.24) is 4.98 Å². The van der Waals surface area contributed by atoms with Crippen molar-refractivity contribution >= 4 is 17.0 Å². The zero-order valence-electron chi connectivity index (χ0n) is 15.9. The van der Waals surface area contributed by atoms with E-state index in [9.17, 15) is 9.18 Å². The van der Waals surface area contributed by atoms with Crippen molar-refractivity contribution in [3.05, 3.63) is 88.7 Å². The standard InChI is InChI=1S/C23H21FN2O/c1-14-12-15(22(27)21-17(14)6-5-11-25-21)7-10-20-23(2,3)18-13-16(24)8-9-19(18)26(20)4/h5-13H,1-4H3/b15-7+,20-10-. The number of likely N-dealkylation sites (N-methyl/N-ethyl adjacent to an activating group) is 1. The number of fused-ring (bicyclic) bond motifs is 2. The van der Waals surface area contributed by atoms with E-state index < -0.39 is 0 Å². The summed E-state index contributed by atoms with van der Waals surface area (Å²) in [6, 6.07) is 8.63. The second-order valence-corrected chi connectivity index (χ2v) is 7.58.